The molecule has 8 heteroatoms. The van der Waals surface area contributed by atoms with Crippen LogP contribution in [0.4, 0.5) is 0 Å². The molecular formula is C21H15BrClN3O2S. The maximum Gasteiger partial charge on any atom is 0.238 e. The molecule has 0 saturated carbocycles. The molecule has 0 spiro atoms. The van der Waals surface area contributed by atoms with E-state index in [2.05, 4.69) is 15.9 Å². The second-order valence-corrected chi connectivity index (χ2v) is 9.20. The van der Waals surface area contributed by atoms with Gasteiger partial charge in [-0.1, -0.05) is 57.9 Å². The van der Waals surface area contributed by atoms with Crippen LogP contribution in [0.3, 0.4) is 0 Å². The third kappa shape index (κ3) is 4.13. The van der Waals surface area contributed by atoms with Gasteiger partial charge in [0.15, 0.2) is 0 Å². The number of nitrogens with zero attached hydrogens (tertiary/aromatic N) is 2. The number of benzene rings is 3. The van der Waals surface area contributed by atoms with Crippen LogP contribution in [-0.2, 0) is 10.0 Å². The van der Waals surface area contributed by atoms with Crippen molar-refractivity contribution in [1.29, 1.82) is 0 Å². The van der Waals surface area contributed by atoms with Crippen LogP contribution in [-0.4, -0.2) is 18.2 Å². The van der Waals surface area contributed by atoms with Crippen LogP contribution in [0.25, 0.3) is 28.2 Å². The number of hydrogen-bond donors (Lipinski definition) is 1. The molecule has 5 nitrogen and oxygen atoms in total. The Labute approximate surface area is 181 Å². The lowest BCUT2D eigenvalue weighted by molar-refractivity contribution is 0.598. The van der Waals surface area contributed by atoms with E-state index in [1.807, 2.05) is 54.6 Å². The minimum Gasteiger partial charge on any atom is -0.232 e. The monoisotopic (exact) mass is 487 g/mol. The first kappa shape index (κ1) is 19.8. The summed E-state index contributed by atoms with van der Waals surface area (Å²) >= 11 is 9.61. The van der Waals surface area contributed by atoms with E-state index in [1.54, 1.807) is 16.8 Å². The molecule has 0 fully saturated rings. The van der Waals surface area contributed by atoms with Gasteiger partial charge in [0.25, 0.3) is 0 Å². The van der Waals surface area contributed by atoms with Crippen LogP contribution in [0.15, 0.2) is 88.2 Å². The van der Waals surface area contributed by atoms with Gasteiger partial charge in [-0.05, 0) is 48.5 Å². The summed E-state index contributed by atoms with van der Waals surface area (Å²) in [5, 5.41) is 10.6. The van der Waals surface area contributed by atoms with Crippen molar-refractivity contribution >= 4 is 37.6 Å². The molecule has 0 saturated heterocycles. The van der Waals surface area contributed by atoms with E-state index < -0.39 is 10.0 Å². The van der Waals surface area contributed by atoms with Crippen molar-refractivity contribution in [3.63, 3.8) is 0 Å². The summed E-state index contributed by atoms with van der Waals surface area (Å²) in [6, 6.07) is 23.6. The Kier molecular flexibility index (Phi) is 5.31. The summed E-state index contributed by atoms with van der Waals surface area (Å²) in [7, 11) is -3.76. The summed E-state index contributed by atoms with van der Waals surface area (Å²) in [6.07, 6.45) is 0. The number of hydrogen-bond acceptors (Lipinski definition) is 3. The Balaban J connectivity index is 1.89. The van der Waals surface area contributed by atoms with E-state index >= 15 is 0 Å². The van der Waals surface area contributed by atoms with Crippen LogP contribution < -0.4 is 5.14 Å². The highest BCUT2D eigenvalue weighted by atomic mass is 79.9. The largest absolute Gasteiger partial charge is 0.238 e. The minimum absolute atomic E-state index is 0.0486. The molecule has 146 valence electrons. The van der Waals surface area contributed by atoms with Crippen LogP contribution >= 0.6 is 27.5 Å². The standard InChI is InChI=1S/C21H15BrClN3O2S/c22-19-4-2-1-3-18(19)20-13-21(14-5-7-15(23)8-6-14)26(25-20)16-9-11-17(12-10-16)29(24,27)28/h1-13H,(H2,24,27,28). The fourth-order valence-electron chi connectivity index (χ4n) is 2.98. The lowest BCUT2D eigenvalue weighted by atomic mass is 10.1. The molecule has 1 aromatic heterocycles. The molecule has 0 amide bonds. The topological polar surface area (TPSA) is 78.0 Å². The molecule has 2 N–H and O–H groups in total. The molecule has 0 radical (unpaired) electrons. The molecule has 0 unspecified atom stereocenters. The Morgan fingerprint density at radius 2 is 1.59 bits per heavy atom. The summed E-state index contributed by atoms with van der Waals surface area (Å²) in [5.41, 5.74) is 4.20. The second-order valence-electron chi connectivity index (χ2n) is 6.35. The fraction of sp³-hybridized carbons (Fsp3) is 0. The fourth-order valence-corrected chi connectivity index (χ4v) is 4.11. The second kappa shape index (κ2) is 7.76. The molecule has 4 rings (SSSR count). The van der Waals surface area contributed by atoms with Gasteiger partial charge in [0, 0.05) is 20.6 Å². The van der Waals surface area contributed by atoms with Gasteiger partial charge in [-0.15, -0.1) is 0 Å². The number of halogens is 2. The van der Waals surface area contributed by atoms with Crippen molar-refractivity contribution in [2.75, 3.05) is 0 Å². The first-order valence-electron chi connectivity index (χ1n) is 8.57. The molecule has 3 aromatic carbocycles. The van der Waals surface area contributed by atoms with Crippen LogP contribution in [0, 0.1) is 0 Å². The van der Waals surface area contributed by atoms with Gasteiger partial charge in [-0.2, -0.15) is 5.10 Å². The normalized spacial score (nSPS) is 11.6. The first-order chi connectivity index (χ1) is 13.8. The molecule has 0 aliphatic rings. The summed E-state index contributed by atoms with van der Waals surface area (Å²) in [5.74, 6) is 0. The third-order valence-electron chi connectivity index (χ3n) is 4.41. The number of primary sulfonamides is 1. The zero-order valence-electron chi connectivity index (χ0n) is 15.0. The first-order valence-corrected chi connectivity index (χ1v) is 11.3. The highest BCUT2D eigenvalue weighted by molar-refractivity contribution is 9.10. The van der Waals surface area contributed by atoms with E-state index in [0.717, 1.165) is 27.0 Å². The van der Waals surface area contributed by atoms with E-state index in [-0.39, 0.29) is 4.90 Å². The van der Waals surface area contributed by atoms with E-state index in [9.17, 15) is 8.42 Å². The maximum atomic E-state index is 11.6. The zero-order valence-corrected chi connectivity index (χ0v) is 18.1. The van der Waals surface area contributed by atoms with Gasteiger partial charge in [-0.3, -0.25) is 0 Å². The average Bonchev–Trinajstić information content (AvgIpc) is 3.13. The van der Waals surface area contributed by atoms with Crippen molar-refractivity contribution < 1.29 is 8.42 Å². The predicted molar refractivity (Wildman–Crippen MR) is 119 cm³/mol. The van der Waals surface area contributed by atoms with Gasteiger partial charge in [-0.25, -0.2) is 18.2 Å². The Morgan fingerprint density at radius 1 is 0.931 bits per heavy atom. The molecule has 1 heterocycles. The SMILES string of the molecule is NS(=O)(=O)c1ccc(-n2nc(-c3ccccc3Br)cc2-c2ccc(Cl)cc2)cc1. The number of sulfonamides is 1. The lowest BCUT2D eigenvalue weighted by Gasteiger charge is -2.08. The highest BCUT2D eigenvalue weighted by Crippen LogP contribution is 2.33. The lowest BCUT2D eigenvalue weighted by Crippen LogP contribution is -2.12. The quantitative estimate of drug-likeness (QED) is 0.425. The van der Waals surface area contributed by atoms with Crippen LogP contribution in [0.5, 0.6) is 0 Å². The maximum absolute atomic E-state index is 11.6. The average molecular weight is 489 g/mol. The van der Waals surface area contributed by atoms with Crippen LogP contribution in [0.2, 0.25) is 5.02 Å². The minimum atomic E-state index is -3.76. The summed E-state index contributed by atoms with van der Waals surface area (Å²) in [4.78, 5) is 0.0486. The molecule has 0 atom stereocenters. The van der Waals surface area contributed by atoms with Crippen molar-refractivity contribution in [3.05, 3.63) is 88.4 Å². The third-order valence-corrected chi connectivity index (χ3v) is 6.28. The predicted octanol–water partition coefficient (Wildman–Crippen LogP) is 5.27. The smallest absolute Gasteiger partial charge is 0.232 e. The molecule has 0 bridgehead atoms. The Hall–Kier alpha value is -2.45. The van der Waals surface area contributed by atoms with Crippen molar-refractivity contribution in [2.45, 2.75) is 4.90 Å². The molecule has 29 heavy (non-hydrogen) atoms. The summed E-state index contributed by atoms with van der Waals surface area (Å²) < 4.78 is 25.8. The summed E-state index contributed by atoms with van der Waals surface area (Å²) in [6.45, 7) is 0. The van der Waals surface area contributed by atoms with Crippen LogP contribution in [0.1, 0.15) is 0 Å². The van der Waals surface area contributed by atoms with Gasteiger partial charge >= 0.3 is 0 Å². The zero-order chi connectivity index (χ0) is 20.6. The molecular weight excluding hydrogens is 474 g/mol. The Bertz CT molecular complexity index is 1280. The molecule has 4 aromatic rings. The number of rotatable bonds is 4. The highest BCUT2D eigenvalue weighted by Gasteiger charge is 2.15. The Morgan fingerprint density at radius 3 is 2.21 bits per heavy atom. The van der Waals surface area contributed by atoms with Crippen molar-refractivity contribution in [1.82, 2.24) is 9.78 Å². The number of aromatic nitrogens is 2. The van der Waals surface area contributed by atoms with E-state index in [0.29, 0.717) is 10.7 Å². The van der Waals surface area contributed by atoms with Gasteiger partial charge < -0.3 is 0 Å². The van der Waals surface area contributed by atoms with E-state index in [1.165, 1.54) is 12.1 Å². The number of nitrogens with two attached hydrogens (primary N) is 1. The van der Waals surface area contributed by atoms with Gasteiger partial charge in [0.05, 0.1) is 22.0 Å². The van der Waals surface area contributed by atoms with Crippen molar-refractivity contribution in [3.8, 4) is 28.2 Å². The van der Waals surface area contributed by atoms with Crippen molar-refractivity contribution in [2.24, 2.45) is 5.14 Å². The van der Waals surface area contributed by atoms with Gasteiger partial charge in [0.1, 0.15) is 0 Å². The molecule has 0 aliphatic heterocycles. The molecule has 0 aliphatic carbocycles. The van der Waals surface area contributed by atoms with Gasteiger partial charge in [0.2, 0.25) is 10.0 Å². The van der Waals surface area contributed by atoms with E-state index in [4.69, 9.17) is 21.8 Å².